The molecule has 0 amide bonds. The van der Waals surface area contributed by atoms with Crippen LogP contribution in [0.15, 0.2) is 24.3 Å². The molecule has 23 heavy (non-hydrogen) atoms. The molecule has 0 heterocycles. The number of benzene rings is 1. The van der Waals surface area contributed by atoms with Gasteiger partial charge < -0.3 is 14.2 Å². The molecule has 0 aliphatic heterocycles. The number of carbonyl (C=O) groups is 1. The molecule has 1 saturated carbocycles. The zero-order chi connectivity index (χ0) is 16.7. The van der Waals surface area contributed by atoms with E-state index in [0.29, 0.717) is 11.4 Å². The van der Waals surface area contributed by atoms with E-state index < -0.39 is 5.79 Å². The number of ether oxygens (including phenoxy) is 3. The van der Waals surface area contributed by atoms with Crippen molar-refractivity contribution in [3.8, 4) is 0 Å². The minimum absolute atomic E-state index is 0.187. The van der Waals surface area contributed by atoms with E-state index in [4.69, 9.17) is 25.8 Å². The molecule has 1 fully saturated rings. The summed E-state index contributed by atoms with van der Waals surface area (Å²) in [6, 6.07) is 7.62. The van der Waals surface area contributed by atoms with Gasteiger partial charge in [0.2, 0.25) is 0 Å². The van der Waals surface area contributed by atoms with Crippen molar-refractivity contribution in [3.05, 3.63) is 34.9 Å². The molecule has 5 heteroatoms. The van der Waals surface area contributed by atoms with E-state index >= 15 is 0 Å². The predicted molar refractivity (Wildman–Crippen MR) is 89.5 cm³/mol. The highest BCUT2D eigenvalue weighted by atomic mass is 35.5. The molecule has 0 aromatic heterocycles. The summed E-state index contributed by atoms with van der Waals surface area (Å²) in [7, 11) is 3.07. The molecule has 1 aliphatic carbocycles. The van der Waals surface area contributed by atoms with Crippen LogP contribution in [-0.2, 0) is 25.4 Å². The van der Waals surface area contributed by atoms with Gasteiger partial charge in [0.15, 0.2) is 5.79 Å². The van der Waals surface area contributed by atoms with Gasteiger partial charge in [0.25, 0.3) is 0 Å². The van der Waals surface area contributed by atoms with E-state index in [1.807, 2.05) is 24.3 Å². The number of hydrogen-bond donors (Lipinski definition) is 0. The summed E-state index contributed by atoms with van der Waals surface area (Å²) >= 11 is 6.25. The fourth-order valence-corrected chi connectivity index (χ4v) is 3.31. The molecule has 2 rings (SSSR count). The maximum atomic E-state index is 11.8. The first-order chi connectivity index (χ1) is 11.1. The minimum Gasteiger partial charge on any atom is -0.469 e. The Hall–Kier alpha value is -1.10. The van der Waals surface area contributed by atoms with Gasteiger partial charge in [0.05, 0.1) is 19.6 Å². The summed E-state index contributed by atoms with van der Waals surface area (Å²) in [5, 5.41) is 0.682. The lowest BCUT2D eigenvalue weighted by atomic mass is 9.93. The summed E-state index contributed by atoms with van der Waals surface area (Å²) in [6.45, 7) is 0. The fraction of sp³-hybridized carbons (Fsp3) is 0.611. The Morgan fingerprint density at radius 2 is 1.91 bits per heavy atom. The van der Waals surface area contributed by atoms with Crippen molar-refractivity contribution in [1.29, 1.82) is 0 Å². The van der Waals surface area contributed by atoms with Crippen molar-refractivity contribution in [2.24, 2.45) is 0 Å². The van der Waals surface area contributed by atoms with E-state index in [1.54, 1.807) is 7.11 Å². The highest BCUT2D eigenvalue weighted by Crippen LogP contribution is 2.34. The molecule has 0 spiro atoms. The molecule has 1 unspecified atom stereocenters. The molecule has 0 saturated heterocycles. The van der Waals surface area contributed by atoms with Crippen LogP contribution in [0.4, 0.5) is 0 Å². The zero-order valence-corrected chi connectivity index (χ0v) is 14.6. The van der Waals surface area contributed by atoms with Gasteiger partial charge in [-0.3, -0.25) is 4.79 Å². The van der Waals surface area contributed by atoms with Crippen molar-refractivity contribution in [1.82, 2.24) is 0 Å². The predicted octanol–water partition coefficient (Wildman–Crippen LogP) is 4.14. The van der Waals surface area contributed by atoms with Gasteiger partial charge in [-0.25, -0.2) is 0 Å². The molecule has 0 radical (unpaired) electrons. The van der Waals surface area contributed by atoms with Crippen LogP contribution in [0.5, 0.6) is 0 Å². The Balaban J connectivity index is 2.13. The Bertz CT molecular complexity index is 511. The van der Waals surface area contributed by atoms with Gasteiger partial charge in [-0.05, 0) is 24.5 Å². The largest absolute Gasteiger partial charge is 0.469 e. The van der Waals surface area contributed by atoms with E-state index in [0.717, 1.165) is 31.2 Å². The van der Waals surface area contributed by atoms with Gasteiger partial charge in [0, 0.05) is 31.4 Å². The quantitative estimate of drug-likeness (QED) is 0.553. The van der Waals surface area contributed by atoms with Gasteiger partial charge in [-0.1, -0.05) is 36.2 Å². The fourth-order valence-electron chi connectivity index (χ4n) is 3.10. The SMILES string of the molecule is COC(=O)CC(Cc1ccccc1Cl)OC1(OC)CCCCC1. The van der Waals surface area contributed by atoms with Crippen LogP contribution in [0.3, 0.4) is 0 Å². The smallest absolute Gasteiger partial charge is 0.308 e. The summed E-state index contributed by atoms with van der Waals surface area (Å²) in [5.74, 6) is -0.887. The lowest BCUT2D eigenvalue weighted by Gasteiger charge is -2.38. The van der Waals surface area contributed by atoms with Crippen LogP contribution in [0.1, 0.15) is 44.1 Å². The van der Waals surface area contributed by atoms with Crippen LogP contribution >= 0.6 is 11.6 Å². The molecule has 1 atom stereocenters. The second-order valence-corrected chi connectivity index (χ2v) is 6.40. The minimum atomic E-state index is -0.599. The third-order valence-corrected chi connectivity index (χ3v) is 4.76. The number of rotatable bonds is 7. The van der Waals surface area contributed by atoms with E-state index in [-0.39, 0.29) is 18.5 Å². The summed E-state index contributed by atoms with van der Waals surface area (Å²) < 4.78 is 16.8. The van der Waals surface area contributed by atoms with Crippen LogP contribution in [0, 0.1) is 0 Å². The standard InChI is InChI=1S/C18H25ClO4/c1-21-17(20)13-15(12-14-8-4-5-9-16(14)19)23-18(22-2)10-6-3-7-11-18/h4-5,8-9,15H,3,6-7,10-13H2,1-2H3. The maximum absolute atomic E-state index is 11.8. The lowest BCUT2D eigenvalue weighted by Crippen LogP contribution is -2.42. The first-order valence-corrected chi connectivity index (χ1v) is 8.49. The molecule has 128 valence electrons. The topological polar surface area (TPSA) is 44.8 Å². The van der Waals surface area contributed by atoms with Gasteiger partial charge in [-0.2, -0.15) is 0 Å². The summed E-state index contributed by atoms with van der Waals surface area (Å²) in [6.07, 6.45) is 5.47. The van der Waals surface area contributed by atoms with Crippen molar-refractivity contribution >= 4 is 17.6 Å². The van der Waals surface area contributed by atoms with Crippen LogP contribution in [-0.4, -0.2) is 32.1 Å². The molecule has 1 aromatic rings. The number of esters is 1. The van der Waals surface area contributed by atoms with Crippen LogP contribution in [0.2, 0.25) is 5.02 Å². The second kappa shape index (κ2) is 8.67. The molecule has 1 aliphatic rings. The molecular formula is C18H25ClO4. The van der Waals surface area contributed by atoms with Crippen molar-refractivity contribution in [2.45, 2.75) is 56.8 Å². The van der Waals surface area contributed by atoms with Gasteiger partial charge in [-0.15, -0.1) is 0 Å². The normalized spacial score (nSPS) is 18.4. The van der Waals surface area contributed by atoms with Crippen molar-refractivity contribution in [2.75, 3.05) is 14.2 Å². The Labute approximate surface area is 143 Å². The first-order valence-electron chi connectivity index (χ1n) is 8.12. The lowest BCUT2D eigenvalue weighted by molar-refractivity contribution is -0.261. The van der Waals surface area contributed by atoms with Gasteiger partial charge in [0.1, 0.15) is 0 Å². The first kappa shape index (κ1) is 18.2. The Kier molecular flexibility index (Phi) is 6.88. The van der Waals surface area contributed by atoms with Gasteiger partial charge >= 0.3 is 5.97 Å². The number of carbonyl (C=O) groups excluding carboxylic acids is 1. The zero-order valence-electron chi connectivity index (χ0n) is 13.8. The van der Waals surface area contributed by atoms with E-state index in [1.165, 1.54) is 13.5 Å². The monoisotopic (exact) mass is 340 g/mol. The number of hydrogen-bond acceptors (Lipinski definition) is 4. The molecule has 4 nitrogen and oxygen atoms in total. The van der Waals surface area contributed by atoms with Crippen molar-refractivity contribution < 1.29 is 19.0 Å². The van der Waals surface area contributed by atoms with Crippen LogP contribution < -0.4 is 0 Å². The Morgan fingerprint density at radius 1 is 1.22 bits per heavy atom. The summed E-state index contributed by atoms with van der Waals surface area (Å²) in [4.78, 5) is 11.8. The van der Waals surface area contributed by atoms with E-state index in [2.05, 4.69) is 0 Å². The highest BCUT2D eigenvalue weighted by molar-refractivity contribution is 6.31. The average Bonchev–Trinajstić information content (AvgIpc) is 2.57. The van der Waals surface area contributed by atoms with Crippen LogP contribution in [0.25, 0.3) is 0 Å². The Morgan fingerprint density at radius 3 is 2.52 bits per heavy atom. The third-order valence-electron chi connectivity index (χ3n) is 4.40. The third kappa shape index (κ3) is 5.20. The molecular weight excluding hydrogens is 316 g/mol. The molecule has 1 aromatic carbocycles. The maximum Gasteiger partial charge on any atom is 0.308 e. The van der Waals surface area contributed by atoms with Crippen molar-refractivity contribution in [3.63, 3.8) is 0 Å². The number of halogens is 1. The molecule has 0 bridgehead atoms. The molecule has 0 N–H and O–H groups in total. The summed E-state index contributed by atoms with van der Waals surface area (Å²) in [5.41, 5.74) is 0.963. The number of methoxy groups -OCH3 is 2. The second-order valence-electron chi connectivity index (χ2n) is 5.99. The van der Waals surface area contributed by atoms with E-state index in [9.17, 15) is 4.79 Å². The highest BCUT2D eigenvalue weighted by Gasteiger charge is 2.36. The average molecular weight is 341 g/mol.